The third-order valence-electron chi connectivity index (χ3n) is 4.58. The Morgan fingerprint density at radius 1 is 1.12 bits per heavy atom. The van der Waals surface area contributed by atoms with E-state index in [1.165, 1.54) is 5.56 Å². The lowest BCUT2D eigenvalue weighted by atomic mass is 9.87. The summed E-state index contributed by atoms with van der Waals surface area (Å²) in [7, 11) is 0. The molecule has 0 saturated heterocycles. The quantitative estimate of drug-likeness (QED) is 0.317. The molecular formula is C20H21ClIN3. The molecule has 2 aromatic carbocycles. The molecule has 1 atom stereocenters. The van der Waals surface area contributed by atoms with Gasteiger partial charge in [0.1, 0.15) is 3.55 Å². The van der Waals surface area contributed by atoms with Gasteiger partial charge in [0.2, 0.25) is 0 Å². The number of nitrogens with two attached hydrogens (primary N) is 1. The van der Waals surface area contributed by atoms with Gasteiger partial charge in [-0.15, -0.1) is 0 Å². The summed E-state index contributed by atoms with van der Waals surface area (Å²) in [4.78, 5) is 4.43. The minimum atomic E-state index is -0.630. The smallest absolute Gasteiger partial charge is 0.112 e. The van der Waals surface area contributed by atoms with E-state index in [1.807, 2.05) is 42.5 Å². The Kier molecular flexibility index (Phi) is 5.34. The molecule has 3 N–H and O–H groups in total. The highest BCUT2D eigenvalue weighted by atomic mass is 127. The first-order chi connectivity index (χ1) is 11.8. The Labute approximate surface area is 167 Å². The monoisotopic (exact) mass is 465 g/mol. The van der Waals surface area contributed by atoms with Crippen molar-refractivity contribution in [1.29, 1.82) is 0 Å². The molecule has 25 heavy (non-hydrogen) atoms. The van der Waals surface area contributed by atoms with E-state index in [0.717, 1.165) is 23.0 Å². The average molecular weight is 466 g/mol. The van der Waals surface area contributed by atoms with Gasteiger partial charge >= 0.3 is 0 Å². The summed E-state index contributed by atoms with van der Waals surface area (Å²) < 4.78 is -0.630. The predicted molar refractivity (Wildman–Crippen MR) is 114 cm³/mol. The van der Waals surface area contributed by atoms with E-state index in [1.54, 1.807) is 6.20 Å². The Morgan fingerprint density at radius 2 is 1.84 bits per heavy atom. The lowest BCUT2D eigenvalue weighted by Crippen LogP contribution is -2.58. The van der Waals surface area contributed by atoms with E-state index in [2.05, 4.69) is 58.9 Å². The molecule has 0 aliphatic carbocycles. The molecular weight excluding hydrogens is 445 g/mol. The van der Waals surface area contributed by atoms with Gasteiger partial charge in [0.05, 0.1) is 5.52 Å². The van der Waals surface area contributed by atoms with Crippen molar-refractivity contribution < 1.29 is 0 Å². The second-order valence-electron chi connectivity index (χ2n) is 6.70. The van der Waals surface area contributed by atoms with Gasteiger partial charge in [-0.3, -0.25) is 4.98 Å². The van der Waals surface area contributed by atoms with Crippen LogP contribution < -0.4 is 11.1 Å². The van der Waals surface area contributed by atoms with Crippen LogP contribution >= 0.6 is 34.2 Å². The van der Waals surface area contributed by atoms with Gasteiger partial charge in [0.15, 0.2) is 0 Å². The first-order valence-corrected chi connectivity index (χ1v) is 9.58. The second kappa shape index (κ2) is 7.19. The second-order valence-corrected chi connectivity index (χ2v) is 8.83. The molecule has 1 heterocycles. The van der Waals surface area contributed by atoms with Crippen LogP contribution in [0.2, 0.25) is 5.02 Å². The van der Waals surface area contributed by atoms with Crippen molar-refractivity contribution in [2.75, 3.05) is 0 Å². The van der Waals surface area contributed by atoms with E-state index in [-0.39, 0.29) is 5.54 Å². The lowest BCUT2D eigenvalue weighted by Gasteiger charge is -2.41. The fraction of sp³-hybridized carbons (Fsp3) is 0.250. The van der Waals surface area contributed by atoms with Gasteiger partial charge in [-0.05, 0) is 43.2 Å². The number of nitrogens with zero attached hydrogens (tertiary/aromatic N) is 1. The molecule has 1 unspecified atom stereocenters. The Hall–Kier alpha value is -1.21. The van der Waals surface area contributed by atoms with Gasteiger partial charge in [-0.25, -0.2) is 0 Å². The number of hydrogen-bond acceptors (Lipinski definition) is 3. The SMILES string of the molecule is CC(C)(NCc1ccccc1)C(N)(I)c1ccnc2cc(Cl)ccc12. The fourth-order valence-electron chi connectivity index (χ4n) is 2.82. The van der Waals surface area contributed by atoms with Crippen molar-refractivity contribution in [1.82, 2.24) is 10.3 Å². The molecule has 0 aliphatic heterocycles. The zero-order chi connectivity index (χ0) is 18.1. The van der Waals surface area contributed by atoms with Crippen LogP contribution in [0.5, 0.6) is 0 Å². The Balaban J connectivity index is 1.94. The van der Waals surface area contributed by atoms with Gasteiger partial charge in [-0.2, -0.15) is 0 Å². The van der Waals surface area contributed by atoms with Crippen LogP contribution in [0, 0.1) is 0 Å². The number of benzene rings is 2. The molecule has 0 aliphatic rings. The highest BCUT2D eigenvalue weighted by molar-refractivity contribution is 14.1. The van der Waals surface area contributed by atoms with E-state index in [4.69, 9.17) is 17.3 Å². The Morgan fingerprint density at radius 3 is 2.56 bits per heavy atom. The molecule has 0 saturated carbocycles. The fourth-order valence-corrected chi connectivity index (χ4v) is 3.65. The predicted octanol–water partition coefficient (Wildman–Crippen LogP) is 5.00. The third kappa shape index (κ3) is 3.82. The highest BCUT2D eigenvalue weighted by Crippen LogP contribution is 2.40. The molecule has 0 bridgehead atoms. The maximum atomic E-state index is 6.85. The number of alkyl halides is 1. The minimum absolute atomic E-state index is 0.350. The van der Waals surface area contributed by atoms with Crippen molar-refractivity contribution in [2.24, 2.45) is 5.73 Å². The summed E-state index contributed by atoms with van der Waals surface area (Å²) >= 11 is 8.45. The van der Waals surface area contributed by atoms with Crippen molar-refractivity contribution in [2.45, 2.75) is 29.5 Å². The van der Waals surface area contributed by atoms with Crippen LogP contribution in [0.3, 0.4) is 0 Å². The molecule has 0 amide bonds. The number of pyridine rings is 1. The van der Waals surface area contributed by atoms with Crippen LogP contribution in [-0.4, -0.2) is 10.5 Å². The molecule has 130 valence electrons. The molecule has 3 aromatic rings. The third-order valence-corrected chi connectivity index (χ3v) is 6.75. The van der Waals surface area contributed by atoms with Crippen LogP contribution in [0.15, 0.2) is 60.8 Å². The maximum Gasteiger partial charge on any atom is 0.112 e. The molecule has 3 rings (SSSR count). The minimum Gasteiger partial charge on any atom is -0.312 e. The van der Waals surface area contributed by atoms with E-state index in [9.17, 15) is 0 Å². The molecule has 0 fully saturated rings. The summed E-state index contributed by atoms with van der Waals surface area (Å²) in [5.41, 5.74) is 9.63. The molecule has 0 radical (unpaired) electrons. The number of aromatic nitrogens is 1. The number of halogens is 2. The van der Waals surface area contributed by atoms with Crippen LogP contribution in [0.1, 0.15) is 25.0 Å². The average Bonchev–Trinajstić information content (AvgIpc) is 2.60. The molecule has 1 aromatic heterocycles. The summed E-state index contributed by atoms with van der Waals surface area (Å²) in [6.07, 6.45) is 1.79. The van der Waals surface area contributed by atoms with Crippen molar-refractivity contribution in [3.05, 3.63) is 76.9 Å². The maximum absolute atomic E-state index is 6.85. The normalized spacial score (nSPS) is 14.4. The number of hydrogen-bond donors (Lipinski definition) is 2. The van der Waals surface area contributed by atoms with Crippen molar-refractivity contribution in [3.8, 4) is 0 Å². The zero-order valence-corrected chi connectivity index (χ0v) is 17.2. The van der Waals surface area contributed by atoms with Gasteiger partial charge < -0.3 is 11.1 Å². The Bertz CT molecular complexity index is 879. The summed E-state index contributed by atoms with van der Waals surface area (Å²) in [6.45, 7) is 5.01. The first kappa shape index (κ1) is 18.6. The standard InChI is InChI=1S/C20H21ClIN3/c1-19(2,25-13-14-6-4-3-5-7-14)20(22,23)17-10-11-24-18-12-15(21)8-9-16(17)18/h3-12,25H,13,23H2,1-2H3. The van der Waals surface area contributed by atoms with Gasteiger partial charge in [-0.1, -0.05) is 70.6 Å². The molecule has 0 spiro atoms. The van der Waals surface area contributed by atoms with Crippen molar-refractivity contribution in [3.63, 3.8) is 0 Å². The van der Waals surface area contributed by atoms with E-state index < -0.39 is 3.55 Å². The topological polar surface area (TPSA) is 50.9 Å². The van der Waals surface area contributed by atoms with Crippen LogP contribution in [0.4, 0.5) is 0 Å². The number of fused-ring (bicyclic) bond motifs is 1. The zero-order valence-electron chi connectivity index (χ0n) is 14.3. The van der Waals surface area contributed by atoms with Gasteiger partial charge in [0.25, 0.3) is 0 Å². The largest absolute Gasteiger partial charge is 0.312 e. The lowest BCUT2D eigenvalue weighted by molar-refractivity contribution is 0.307. The van der Waals surface area contributed by atoms with E-state index >= 15 is 0 Å². The van der Waals surface area contributed by atoms with Gasteiger partial charge in [0, 0.05) is 28.7 Å². The molecule has 3 nitrogen and oxygen atoms in total. The highest BCUT2D eigenvalue weighted by Gasteiger charge is 2.41. The summed E-state index contributed by atoms with van der Waals surface area (Å²) in [5.74, 6) is 0. The summed E-state index contributed by atoms with van der Waals surface area (Å²) in [6, 6.07) is 18.1. The number of rotatable bonds is 5. The molecule has 5 heteroatoms. The first-order valence-electron chi connectivity index (χ1n) is 8.13. The number of nitrogens with one attached hydrogen (secondary N) is 1. The summed E-state index contributed by atoms with van der Waals surface area (Å²) in [5, 5.41) is 5.31. The van der Waals surface area contributed by atoms with Crippen molar-refractivity contribution >= 4 is 45.1 Å². The van der Waals surface area contributed by atoms with Crippen LogP contribution in [0.25, 0.3) is 10.9 Å². The van der Waals surface area contributed by atoms with Crippen LogP contribution in [-0.2, 0) is 10.1 Å². The van der Waals surface area contributed by atoms with E-state index in [0.29, 0.717) is 5.02 Å².